The molecule has 0 aliphatic rings. The minimum atomic E-state index is -0.127. The molecule has 0 fully saturated rings. The van der Waals surface area contributed by atoms with Gasteiger partial charge in [0.25, 0.3) is 0 Å². The lowest BCUT2D eigenvalue weighted by Crippen LogP contribution is -2.37. The Morgan fingerprint density at radius 1 is 0.481 bits per heavy atom. The lowest BCUT2D eigenvalue weighted by molar-refractivity contribution is 0.309. The standard InChI is InChI=1S/C46H56N2O2.C2H6/c1-9-11-31-49-43-17-13-15-41(33-43)47(39-29-23-37(24-30-39)45(3,4)5)38-25-19-35(20-26-38)36-21-27-40(28-22-36)48(46(6,7)8)42-16-14-18-44(34-42)50-32-12-10-2;1-2/h13-30,33-34H,9-12,31-32H2,1-8H3;1-2H3. The molecule has 0 bridgehead atoms. The van der Waals surface area contributed by atoms with Gasteiger partial charge in [0.1, 0.15) is 11.5 Å². The first-order valence-electron chi connectivity index (χ1n) is 19.3. The minimum absolute atomic E-state index is 0.0875. The molecule has 5 aromatic carbocycles. The van der Waals surface area contributed by atoms with Crippen LogP contribution < -0.4 is 19.3 Å². The van der Waals surface area contributed by atoms with Crippen LogP contribution in [0.2, 0.25) is 0 Å². The Bertz CT molecular complexity index is 1780. The number of hydrogen-bond acceptors (Lipinski definition) is 4. The molecule has 276 valence electrons. The average Bonchev–Trinajstić information content (AvgIpc) is 3.13. The molecule has 0 amide bonds. The number of hydrogen-bond donors (Lipinski definition) is 0. The Hall–Kier alpha value is -4.70. The fraction of sp³-hybridized carbons (Fsp3) is 0.375. The summed E-state index contributed by atoms with van der Waals surface area (Å²) in [5.41, 5.74) is 9.18. The summed E-state index contributed by atoms with van der Waals surface area (Å²) >= 11 is 0. The highest BCUT2D eigenvalue weighted by atomic mass is 16.5. The summed E-state index contributed by atoms with van der Waals surface area (Å²) in [6, 6.07) is 43.6. The molecule has 0 atom stereocenters. The molecule has 0 N–H and O–H groups in total. The van der Waals surface area contributed by atoms with Crippen LogP contribution >= 0.6 is 0 Å². The molecular formula is C48H62N2O2. The molecule has 0 heterocycles. The van der Waals surface area contributed by atoms with Gasteiger partial charge < -0.3 is 19.3 Å². The third kappa shape index (κ3) is 10.7. The van der Waals surface area contributed by atoms with E-state index in [-0.39, 0.29) is 11.0 Å². The Morgan fingerprint density at radius 2 is 0.904 bits per heavy atom. The van der Waals surface area contributed by atoms with Crippen LogP contribution in [-0.4, -0.2) is 18.8 Å². The van der Waals surface area contributed by atoms with Crippen molar-refractivity contribution in [1.82, 2.24) is 0 Å². The predicted octanol–water partition coefficient (Wildman–Crippen LogP) is 14.4. The van der Waals surface area contributed by atoms with Gasteiger partial charge in [-0.3, -0.25) is 0 Å². The molecule has 4 heteroatoms. The van der Waals surface area contributed by atoms with Gasteiger partial charge in [0.15, 0.2) is 0 Å². The summed E-state index contributed by atoms with van der Waals surface area (Å²) in [7, 11) is 0. The number of unbranched alkanes of at least 4 members (excludes halogenated alkanes) is 2. The van der Waals surface area contributed by atoms with Crippen LogP contribution in [0.15, 0.2) is 121 Å². The van der Waals surface area contributed by atoms with E-state index in [1.807, 2.05) is 26.0 Å². The summed E-state index contributed by atoms with van der Waals surface area (Å²) in [6.45, 7) is 23.3. The van der Waals surface area contributed by atoms with Crippen molar-refractivity contribution in [3.63, 3.8) is 0 Å². The van der Waals surface area contributed by atoms with Gasteiger partial charge in [0.2, 0.25) is 0 Å². The summed E-state index contributed by atoms with van der Waals surface area (Å²) < 4.78 is 12.2. The van der Waals surface area contributed by atoms with Crippen molar-refractivity contribution < 1.29 is 9.47 Å². The van der Waals surface area contributed by atoms with Gasteiger partial charge in [-0.15, -0.1) is 0 Å². The van der Waals surface area contributed by atoms with Gasteiger partial charge in [0.05, 0.1) is 13.2 Å². The van der Waals surface area contributed by atoms with Crippen molar-refractivity contribution in [2.75, 3.05) is 23.0 Å². The van der Waals surface area contributed by atoms with Crippen molar-refractivity contribution in [2.24, 2.45) is 0 Å². The van der Waals surface area contributed by atoms with E-state index in [0.717, 1.165) is 78.8 Å². The van der Waals surface area contributed by atoms with Gasteiger partial charge in [-0.2, -0.15) is 0 Å². The number of benzene rings is 5. The van der Waals surface area contributed by atoms with E-state index in [9.17, 15) is 0 Å². The molecule has 0 spiro atoms. The molecule has 5 rings (SSSR count). The van der Waals surface area contributed by atoms with Crippen molar-refractivity contribution in [3.8, 4) is 22.6 Å². The van der Waals surface area contributed by atoms with E-state index >= 15 is 0 Å². The van der Waals surface area contributed by atoms with E-state index < -0.39 is 0 Å². The van der Waals surface area contributed by atoms with Gasteiger partial charge in [-0.25, -0.2) is 0 Å². The SMILES string of the molecule is CC.CCCCOc1cccc(N(c2ccc(-c3ccc(N(c4cccc(OCCCC)c4)C(C)(C)C)cc3)cc2)c2ccc(C(C)(C)C)cc2)c1. The second-order valence-electron chi connectivity index (χ2n) is 15.1. The highest BCUT2D eigenvalue weighted by Gasteiger charge is 2.24. The van der Waals surface area contributed by atoms with Crippen LogP contribution in [0.25, 0.3) is 11.1 Å². The van der Waals surface area contributed by atoms with Gasteiger partial charge in [0, 0.05) is 46.1 Å². The van der Waals surface area contributed by atoms with Gasteiger partial charge in [-0.1, -0.05) is 110 Å². The molecule has 0 saturated carbocycles. The van der Waals surface area contributed by atoms with E-state index in [4.69, 9.17) is 9.47 Å². The molecule has 0 aromatic heterocycles. The summed E-state index contributed by atoms with van der Waals surface area (Å²) in [6.07, 6.45) is 4.33. The zero-order valence-corrected chi connectivity index (χ0v) is 33.5. The first-order chi connectivity index (χ1) is 25.0. The van der Waals surface area contributed by atoms with Crippen molar-refractivity contribution in [1.29, 1.82) is 0 Å². The van der Waals surface area contributed by atoms with Gasteiger partial charge in [-0.05, 0) is 116 Å². The summed E-state index contributed by atoms with van der Waals surface area (Å²) in [5, 5.41) is 0. The third-order valence-corrected chi connectivity index (χ3v) is 8.93. The monoisotopic (exact) mass is 698 g/mol. The van der Waals surface area contributed by atoms with Crippen LogP contribution in [0.5, 0.6) is 11.5 Å². The number of rotatable bonds is 14. The lowest BCUT2D eigenvalue weighted by Gasteiger charge is -2.38. The quantitative estimate of drug-likeness (QED) is 0.108. The van der Waals surface area contributed by atoms with Crippen LogP contribution in [0, 0.1) is 0 Å². The third-order valence-electron chi connectivity index (χ3n) is 8.93. The molecule has 0 saturated heterocycles. The predicted molar refractivity (Wildman–Crippen MR) is 226 cm³/mol. The summed E-state index contributed by atoms with van der Waals surface area (Å²) in [4.78, 5) is 4.70. The molecule has 52 heavy (non-hydrogen) atoms. The number of nitrogens with zero attached hydrogens (tertiary/aromatic N) is 2. The Morgan fingerprint density at radius 3 is 1.35 bits per heavy atom. The molecule has 5 aromatic rings. The minimum Gasteiger partial charge on any atom is -0.494 e. The second-order valence-corrected chi connectivity index (χ2v) is 15.1. The molecular weight excluding hydrogens is 637 g/mol. The van der Waals surface area contributed by atoms with Crippen LogP contribution in [-0.2, 0) is 5.41 Å². The normalized spacial score (nSPS) is 11.3. The maximum Gasteiger partial charge on any atom is 0.121 e. The van der Waals surface area contributed by atoms with Crippen LogP contribution in [0.4, 0.5) is 28.4 Å². The van der Waals surface area contributed by atoms with E-state index in [0.29, 0.717) is 0 Å². The molecule has 0 aliphatic carbocycles. The maximum atomic E-state index is 6.11. The molecule has 0 aliphatic heterocycles. The zero-order chi connectivity index (χ0) is 37.7. The first kappa shape index (κ1) is 40.1. The van der Waals surface area contributed by atoms with E-state index in [1.165, 1.54) is 16.7 Å². The fourth-order valence-corrected chi connectivity index (χ4v) is 6.18. The Balaban J connectivity index is 0.00000297. The van der Waals surface area contributed by atoms with Crippen molar-refractivity contribution in [2.45, 2.75) is 106 Å². The smallest absolute Gasteiger partial charge is 0.121 e. The molecule has 0 radical (unpaired) electrons. The highest BCUT2D eigenvalue weighted by molar-refractivity contribution is 5.79. The zero-order valence-electron chi connectivity index (χ0n) is 33.5. The Labute approximate surface area is 315 Å². The number of anilines is 5. The van der Waals surface area contributed by atoms with Crippen LogP contribution in [0.1, 0.15) is 100 Å². The highest BCUT2D eigenvalue weighted by Crippen LogP contribution is 2.39. The molecule has 0 unspecified atom stereocenters. The van der Waals surface area contributed by atoms with Crippen LogP contribution in [0.3, 0.4) is 0 Å². The van der Waals surface area contributed by atoms with E-state index in [1.54, 1.807) is 0 Å². The fourth-order valence-electron chi connectivity index (χ4n) is 6.18. The molecule has 4 nitrogen and oxygen atoms in total. The maximum absolute atomic E-state index is 6.11. The lowest BCUT2D eigenvalue weighted by atomic mass is 9.87. The number of ether oxygens (including phenoxy) is 2. The average molecular weight is 699 g/mol. The van der Waals surface area contributed by atoms with Gasteiger partial charge >= 0.3 is 0 Å². The van der Waals surface area contributed by atoms with E-state index in [2.05, 4.69) is 174 Å². The first-order valence-corrected chi connectivity index (χ1v) is 19.3. The topological polar surface area (TPSA) is 24.9 Å². The summed E-state index contributed by atoms with van der Waals surface area (Å²) in [5.74, 6) is 1.81. The Kier molecular flexibility index (Phi) is 14.4. The second kappa shape index (κ2) is 18.7. The van der Waals surface area contributed by atoms with Crippen molar-refractivity contribution in [3.05, 3.63) is 127 Å². The van der Waals surface area contributed by atoms with Crippen molar-refractivity contribution >= 4 is 28.4 Å². The largest absolute Gasteiger partial charge is 0.494 e.